The molecule has 0 unspecified atom stereocenters. The van der Waals surface area contributed by atoms with E-state index in [2.05, 4.69) is 57.9 Å². The molecule has 0 atom stereocenters. The summed E-state index contributed by atoms with van der Waals surface area (Å²) in [7, 11) is 2.05. The van der Waals surface area contributed by atoms with Crippen LogP contribution in [0, 0.1) is 0 Å². The van der Waals surface area contributed by atoms with Crippen LogP contribution < -0.4 is 0 Å². The molecule has 0 saturated carbocycles. The number of fused-ring (bicyclic) bond motifs is 1. The summed E-state index contributed by atoms with van der Waals surface area (Å²) in [5.74, 6) is 0.298. The van der Waals surface area contributed by atoms with Gasteiger partial charge in [0.25, 0.3) is 0 Å². The maximum Gasteiger partial charge on any atom is 0.116 e. The molecule has 2 heterocycles. The normalized spacial score (nSPS) is 11.1. The second-order valence-electron chi connectivity index (χ2n) is 5.48. The van der Waals surface area contributed by atoms with Gasteiger partial charge in [-0.15, -0.1) is 0 Å². The fourth-order valence-corrected chi connectivity index (χ4v) is 3.50. The van der Waals surface area contributed by atoms with Crippen molar-refractivity contribution in [2.75, 3.05) is 0 Å². The zero-order valence-electron chi connectivity index (χ0n) is 12.2. The molecule has 0 radical (unpaired) electrons. The molecule has 2 aromatic heterocycles. The Kier molecular flexibility index (Phi) is 3.01. The van der Waals surface area contributed by atoms with Crippen LogP contribution in [0.15, 0.2) is 65.5 Å². The molecular formula is C19H15NOS. The van der Waals surface area contributed by atoms with Crippen molar-refractivity contribution in [2.45, 2.75) is 0 Å². The topological polar surface area (TPSA) is 25.2 Å². The third kappa shape index (κ3) is 2.20. The van der Waals surface area contributed by atoms with Gasteiger partial charge in [-0.3, -0.25) is 0 Å². The van der Waals surface area contributed by atoms with E-state index in [1.165, 1.54) is 10.9 Å². The van der Waals surface area contributed by atoms with E-state index in [0.717, 1.165) is 22.3 Å². The minimum Gasteiger partial charge on any atom is -0.508 e. The SMILES string of the molecule is Cn1ccc2cc(-c3cc(O)cc(-c4ccsc4)c3)ccc21. The van der Waals surface area contributed by atoms with Crippen molar-refractivity contribution in [3.05, 3.63) is 65.5 Å². The first kappa shape index (κ1) is 13.2. The number of aromatic hydroxyl groups is 1. The van der Waals surface area contributed by atoms with Crippen molar-refractivity contribution in [3.8, 4) is 28.0 Å². The van der Waals surface area contributed by atoms with E-state index in [0.29, 0.717) is 5.75 Å². The average molecular weight is 305 g/mol. The predicted molar refractivity (Wildman–Crippen MR) is 93.3 cm³/mol. The Labute approximate surface area is 132 Å². The maximum absolute atomic E-state index is 10.1. The minimum atomic E-state index is 0.298. The van der Waals surface area contributed by atoms with Crippen LogP contribution >= 0.6 is 11.3 Å². The number of phenols is 1. The van der Waals surface area contributed by atoms with E-state index >= 15 is 0 Å². The molecule has 0 spiro atoms. The molecule has 0 fully saturated rings. The molecule has 4 rings (SSSR count). The number of phenolic OH excluding ortho intramolecular Hbond substituents is 1. The van der Waals surface area contributed by atoms with Gasteiger partial charge in [-0.2, -0.15) is 11.3 Å². The van der Waals surface area contributed by atoms with Crippen LogP contribution in [-0.4, -0.2) is 9.67 Å². The molecule has 2 aromatic carbocycles. The summed E-state index contributed by atoms with van der Waals surface area (Å²) >= 11 is 1.66. The Hall–Kier alpha value is -2.52. The smallest absolute Gasteiger partial charge is 0.116 e. The largest absolute Gasteiger partial charge is 0.508 e. The van der Waals surface area contributed by atoms with Crippen molar-refractivity contribution in [1.82, 2.24) is 4.57 Å². The van der Waals surface area contributed by atoms with Gasteiger partial charge in [0.05, 0.1) is 0 Å². The summed E-state index contributed by atoms with van der Waals surface area (Å²) in [6, 6.07) is 16.3. The lowest BCUT2D eigenvalue weighted by Gasteiger charge is -2.07. The zero-order chi connectivity index (χ0) is 15.1. The first-order chi connectivity index (χ1) is 10.7. The summed E-state index contributed by atoms with van der Waals surface area (Å²) in [6.07, 6.45) is 2.06. The molecule has 0 bridgehead atoms. The Bertz CT molecular complexity index is 951. The molecule has 0 saturated heterocycles. The molecule has 0 aliphatic heterocycles. The minimum absolute atomic E-state index is 0.298. The highest BCUT2D eigenvalue weighted by molar-refractivity contribution is 7.08. The molecule has 3 heteroatoms. The van der Waals surface area contributed by atoms with Crippen LogP contribution in [0.1, 0.15) is 0 Å². The standard InChI is InChI=1S/C19H15NOS/c1-20-6-4-14-8-13(2-3-19(14)20)16-9-17(11-18(21)10-16)15-5-7-22-12-15/h2-12,21H,1H3. The van der Waals surface area contributed by atoms with Crippen molar-refractivity contribution in [1.29, 1.82) is 0 Å². The van der Waals surface area contributed by atoms with Crippen LogP contribution in [-0.2, 0) is 7.05 Å². The summed E-state index contributed by atoms with van der Waals surface area (Å²) in [6.45, 7) is 0. The number of benzene rings is 2. The van der Waals surface area contributed by atoms with Crippen molar-refractivity contribution < 1.29 is 5.11 Å². The van der Waals surface area contributed by atoms with Crippen LogP contribution in [0.2, 0.25) is 0 Å². The Morgan fingerprint density at radius 3 is 2.45 bits per heavy atom. The van der Waals surface area contributed by atoms with Gasteiger partial charge in [-0.05, 0) is 75.5 Å². The highest BCUT2D eigenvalue weighted by Crippen LogP contribution is 2.33. The third-order valence-corrected chi connectivity index (χ3v) is 4.67. The van der Waals surface area contributed by atoms with Gasteiger partial charge in [0.1, 0.15) is 5.75 Å². The second-order valence-corrected chi connectivity index (χ2v) is 6.26. The molecule has 0 amide bonds. The van der Waals surface area contributed by atoms with E-state index in [9.17, 15) is 5.11 Å². The quantitative estimate of drug-likeness (QED) is 0.535. The lowest BCUT2D eigenvalue weighted by atomic mass is 9.99. The van der Waals surface area contributed by atoms with Crippen molar-refractivity contribution >= 4 is 22.2 Å². The maximum atomic E-state index is 10.1. The number of aromatic nitrogens is 1. The van der Waals surface area contributed by atoms with Crippen molar-refractivity contribution in [2.24, 2.45) is 7.05 Å². The summed E-state index contributed by atoms with van der Waals surface area (Å²) in [5.41, 5.74) is 5.55. The number of nitrogens with zero attached hydrogens (tertiary/aromatic N) is 1. The predicted octanol–water partition coefficient (Wildman–Crippen LogP) is 5.28. The van der Waals surface area contributed by atoms with Gasteiger partial charge in [0.15, 0.2) is 0 Å². The van der Waals surface area contributed by atoms with Crippen LogP contribution in [0.3, 0.4) is 0 Å². The Morgan fingerprint density at radius 1 is 0.864 bits per heavy atom. The van der Waals surface area contributed by atoms with Gasteiger partial charge >= 0.3 is 0 Å². The van der Waals surface area contributed by atoms with Crippen LogP contribution in [0.4, 0.5) is 0 Å². The molecule has 22 heavy (non-hydrogen) atoms. The second kappa shape index (κ2) is 5.04. The number of thiophene rings is 1. The number of hydrogen-bond donors (Lipinski definition) is 1. The molecule has 0 aliphatic rings. The third-order valence-electron chi connectivity index (χ3n) is 3.99. The number of hydrogen-bond acceptors (Lipinski definition) is 2. The first-order valence-electron chi connectivity index (χ1n) is 7.13. The molecule has 2 nitrogen and oxygen atoms in total. The van der Waals surface area contributed by atoms with Gasteiger partial charge in [0.2, 0.25) is 0 Å². The molecule has 108 valence electrons. The fourth-order valence-electron chi connectivity index (χ4n) is 2.83. The van der Waals surface area contributed by atoms with E-state index in [-0.39, 0.29) is 0 Å². The van der Waals surface area contributed by atoms with E-state index in [4.69, 9.17) is 0 Å². The molecule has 4 aromatic rings. The van der Waals surface area contributed by atoms with Gasteiger partial charge < -0.3 is 9.67 Å². The van der Waals surface area contributed by atoms with Gasteiger partial charge in [-0.25, -0.2) is 0 Å². The highest BCUT2D eigenvalue weighted by Gasteiger charge is 2.07. The monoisotopic (exact) mass is 305 g/mol. The number of aryl methyl sites for hydroxylation is 1. The van der Waals surface area contributed by atoms with E-state index in [1.807, 2.05) is 19.2 Å². The van der Waals surface area contributed by atoms with Crippen LogP contribution in [0.25, 0.3) is 33.2 Å². The molecule has 1 N–H and O–H groups in total. The Balaban J connectivity index is 1.86. The van der Waals surface area contributed by atoms with Crippen molar-refractivity contribution in [3.63, 3.8) is 0 Å². The summed E-state index contributed by atoms with van der Waals surface area (Å²) in [4.78, 5) is 0. The molecule has 0 aliphatic carbocycles. The summed E-state index contributed by atoms with van der Waals surface area (Å²) < 4.78 is 2.11. The van der Waals surface area contributed by atoms with Crippen LogP contribution in [0.5, 0.6) is 5.75 Å². The van der Waals surface area contributed by atoms with Gasteiger partial charge in [-0.1, -0.05) is 6.07 Å². The first-order valence-corrected chi connectivity index (χ1v) is 8.07. The van der Waals surface area contributed by atoms with Gasteiger partial charge in [0, 0.05) is 24.1 Å². The van der Waals surface area contributed by atoms with E-state index in [1.54, 1.807) is 11.3 Å². The highest BCUT2D eigenvalue weighted by atomic mass is 32.1. The lowest BCUT2D eigenvalue weighted by Crippen LogP contribution is -1.84. The zero-order valence-corrected chi connectivity index (χ0v) is 13.0. The summed E-state index contributed by atoms with van der Waals surface area (Å²) in [5, 5.41) is 15.4. The van der Waals surface area contributed by atoms with E-state index < -0.39 is 0 Å². The Morgan fingerprint density at radius 2 is 1.68 bits per heavy atom. The lowest BCUT2D eigenvalue weighted by molar-refractivity contribution is 0.476. The fraction of sp³-hybridized carbons (Fsp3) is 0.0526. The molecular weight excluding hydrogens is 290 g/mol. The average Bonchev–Trinajstić information content (AvgIpc) is 3.17. The number of rotatable bonds is 2.